The Morgan fingerprint density at radius 1 is 0.742 bits per heavy atom. The average molecular weight is 439 g/mol. The van der Waals surface area contributed by atoms with Crippen molar-refractivity contribution in [1.29, 1.82) is 0 Å². The fourth-order valence-corrected chi connectivity index (χ4v) is 4.71. The second-order valence-electron chi connectivity index (χ2n) is 10.2. The number of esters is 1. The van der Waals surface area contributed by atoms with Crippen molar-refractivity contribution in [1.82, 2.24) is 0 Å². The van der Waals surface area contributed by atoms with Gasteiger partial charge in [-0.3, -0.25) is 9.59 Å². The van der Waals surface area contributed by atoms with E-state index in [1.807, 2.05) is 0 Å². The highest BCUT2D eigenvalue weighted by molar-refractivity contribution is 5.74. The van der Waals surface area contributed by atoms with Crippen LogP contribution in [0.4, 0.5) is 0 Å². The van der Waals surface area contributed by atoms with E-state index in [4.69, 9.17) is 9.84 Å². The second kappa shape index (κ2) is 17.5. The van der Waals surface area contributed by atoms with E-state index in [9.17, 15) is 9.59 Å². The van der Waals surface area contributed by atoms with Crippen LogP contribution in [0, 0.1) is 17.8 Å². The first-order chi connectivity index (χ1) is 14.9. The molecule has 0 aromatic carbocycles. The molecule has 182 valence electrons. The largest absolute Gasteiger partial charge is 0.481 e. The third kappa shape index (κ3) is 13.9. The van der Waals surface area contributed by atoms with E-state index >= 15 is 0 Å². The monoisotopic (exact) mass is 438 g/mol. The molecule has 1 atom stereocenters. The lowest BCUT2D eigenvalue weighted by molar-refractivity contribution is -0.158. The Labute approximate surface area is 191 Å². The van der Waals surface area contributed by atoms with Crippen LogP contribution in [0.25, 0.3) is 0 Å². The quantitative estimate of drug-likeness (QED) is 0.174. The molecule has 0 spiro atoms. The molecule has 31 heavy (non-hydrogen) atoms. The van der Waals surface area contributed by atoms with Gasteiger partial charge in [0.05, 0.1) is 11.8 Å². The smallest absolute Gasteiger partial charge is 0.309 e. The zero-order chi connectivity index (χ0) is 22.9. The van der Waals surface area contributed by atoms with Gasteiger partial charge in [0.25, 0.3) is 0 Å². The van der Waals surface area contributed by atoms with Gasteiger partial charge >= 0.3 is 11.9 Å². The number of carbonyl (C=O) groups is 2. The molecule has 0 heterocycles. The molecule has 4 heteroatoms. The molecule has 0 aliphatic heterocycles. The van der Waals surface area contributed by atoms with Gasteiger partial charge in [-0.15, -0.1) is 0 Å². The summed E-state index contributed by atoms with van der Waals surface area (Å²) in [5, 5.41) is 9.16. The van der Waals surface area contributed by atoms with Crippen molar-refractivity contribution < 1.29 is 19.4 Å². The summed E-state index contributed by atoms with van der Waals surface area (Å²) in [6.45, 7) is 6.81. The van der Waals surface area contributed by atoms with Crippen molar-refractivity contribution in [2.45, 2.75) is 142 Å². The van der Waals surface area contributed by atoms with Crippen LogP contribution in [0.3, 0.4) is 0 Å². The van der Waals surface area contributed by atoms with Crippen LogP contribution in [0.2, 0.25) is 0 Å². The molecule has 4 nitrogen and oxygen atoms in total. The number of hydrogen-bond donors (Lipinski definition) is 1. The Morgan fingerprint density at radius 3 is 1.68 bits per heavy atom. The molecule has 1 aliphatic carbocycles. The van der Waals surface area contributed by atoms with E-state index in [-0.39, 0.29) is 23.9 Å². The molecule has 0 aromatic heterocycles. The van der Waals surface area contributed by atoms with E-state index in [1.54, 1.807) is 0 Å². The number of carboxylic acid groups (broad SMARTS) is 1. The minimum Gasteiger partial charge on any atom is -0.481 e. The third-order valence-corrected chi connectivity index (χ3v) is 6.88. The summed E-state index contributed by atoms with van der Waals surface area (Å²) in [4.78, 5) is 23.8. The Morgan fingerprint density at radius 2 is 1.19 bits per heavy atom. The summed E-state index contributed by atoms with van der Waals surface area (Å²) in [5.74, 6) is -0.349. The maximum atomic E-state index is 12.7. The van der Waals surface area contributed by atoms with Gasteiger partial charge in [-0.05, 0) is 57.3 Å². The zero-order valence-electron chi connectivity index (χ0n) is 20.7. The number of carboxylic acids is 1. The maximum absolute atomic E-state index is 12.7. The normalized spacial score (nSPS) is 20.0. The maximum Gasteiger partial charge on any atom is 0.309 e. The predicted octanol–water partition coefficient (Wildman–Crippen LogP) is 7.93. The summed E-state index contributed by atoms with van der Waals surface area (Å²) in [6, 6.07) is 0. The Balaban J connectivity index is 2.27. The molecule has 1 N–H and O–H groups in total. The SMILES string of the molecule is CCCCCCC(CCCCCCCCCC(C)C)OC(=O)C1CCC(C(=O)O)CC1. The van der Waals surface area contributed by atoms with Gasteiger partial charge in [-0.2, -0.15) is 0 Å². The first kappa shape index (κ1) is 28.0. The van der Waals surface area contributed by atoms with E-state index in [1.165, 1.54) is 64.2 Å². The van der Waals surface area contributed by atoms with Crippen LogP contribution in [0.1, 0.15) is 136 Å². The Kier molecular flexibility index (Phi) is 15.8. The van der Waals surface area contributed by atoms with Gasteiger partial charge in [-0.25, -0.2) is 0 Å². The molecular weight excluding hydrogens is 388 g/mol. The van der Waals surface area contributed by atoms with Crippen molar-refractivity contribution in [3.63, 3.8) is 0 Å². The van der Waals surface area contributed by atoms with E-state index in [0.717, 1.165) is 31.6 Å². The molecule has 1 saturated carbocycles. The van der Waals surface area contributed by atoms with E-state index in [2.05, 4.69) is 20.8 Å². The average Bonchev–Trinajstić information content (AvgIpc) is 2.75. The number of aliphatic carboxylic acids is 1. The highest BCUT2D eigenvalue weighted by Crippen LogP contribution is 2.30. The van der Waals surface area contributed by atoms with Gasteiger partial charge in [-0.1, -0.05) is 85.0 Å². The van der Waals surface area contributed by atoms with Crippen molar-refractivity contribution in [2.24, 2.45) is 17.8 Å². The fraction of sp³-hybridized carbons (Fsp3) is 0.926. The molecule has 0 aromatic rings. The van der Waals surface area contributed by atoms with Gasteiger partial charge in [0.2, 0.25) is 0 Å². The van der Waals surface area contributed by atoms with Crippen LogP contribution >= 0.6 is 0 Å². The topological polar surface area (TPSA) is 63.6 Å². The number of rotatable bonds is 18. The van der Waals surface area contributed by atoms with Crippen LogP contribution in [0.15, 0.2) is 0 Å². The number of carbonyl (C=O) groups excluding carboxylic acids is 1. The third-order valence-electron chi connectivity index (χ3n) is 6.88. The highest BCUT2D eigenvalue weighted by Gasteiger charge is 2.31. The van der Waals surface area contributed by atoms with E-state index < -0.39 is 5.97 Å². The standard InChI is InChI=1S/C27H50O4/c1-4-5-6-13-16-25(17-14-11-9-7-8-10-12-15-22(2)3)31-27(30)24-20-18-23(19-21-24)26(28)29/h22-25H,4-21H2,1-3H3,(H,28,29). The molecule has 0 amide bonds. The molecule has 1 unspecified atom stereocenters. The molecule has 0 bridgehead atoms. The summed E-state index contributed by atoms with van der Waals surface area (Å²) < 4.78 is 5.96. The van der Waals surface area contributed by atoms with Gasteiger partial charge < -0.3 is 9.84 Å². The summed E-state index contributed by atoms with van der Waals surface area (Å²) in [6.07, 6.45) is 19.8. The Bertz CT molecular complexity index is 466. The molecule has 1 rings (SSSR count). The van der Waals surface area contributed by atoms with Crippen molar-refractivity contribution in [3.8, 4) is 0 Å². The van der Waals surface area contributed by atoms with Gasteiger partial charge in [0.1, 0.15) is 6.10 Å². The van der Waals surface area contributed by atoms with E-state index in [0.29, 0.717) is 25.7 Å². The minimum absolute atomic E-state index is 0.0487. The summed E-state index contributed by atoms with van der Waals surface area (Å²) in [7, 11) is 0. The first-order valence-electron chi connectivity index (χ1n) is 13.4. The van der Waals surface area contributed by atoms with Crippen molar-refractivity contribution in [2.75, 3.05) is 0 Å². The lowest BCUT2D eigenvalue weighted by atomic mass is 9.82. The summed E-state index contributed by atoms with van der Waals surface area (Å²) in [5.41, 5.74) is 0. The molecule has 1 fully saturated rings. The van der Waals surface area contributed by atoms with Gasteiger partial charge in [0, 0.05) is 0 Å². The number of ether oxygens (including phenoxy) is 1. The molecule has 0 radical (unpaired) electrons. The van der Waals surface area contributed by atoms with Gasteiger partial charge in [0.15, 0.2) is 0 Å². The lowest BCUT2D eigenvalue weighted by Gasteiger charge is -2.27. The van der Waals surface area contributed by atoms with Crippen molar-refractivity contribution in [3.05, 3.63) is 0 Å². The lowest BCUT2D eigenvalue weighted by Crippen LogP contribution is -2.29. The van der Waals surface area contributed by atoms with Crippen LogP contribution in [0.5, 0.6) is 0 Å². The molecule has 1 aliphatic rings. The fourth-order valence-electron chi connectivity index (χ4n) is 4.71. The second-order valence-corrected chi connectivity index (χ2v) is 10.2. The molecule has 0 saturated heterocycles. The minimum atomic E-state index is -0.722. The highest BCUT2D eigenvalue weighted by atomic mass is 16.5. The number of hydrogen-bond acceptors (Lipinski definition) is 3. The van der Waals surface area contributed by atoms with Crippen LogP contribution in [-0.4, -0.2) is 23.1 Å². The first-order valence-corrected chi connectivity index (χ1v) is 13.4. The number of unbranched alkanes of at least 4 members (excludes halogenated alkanes) is 9. The summed E-state index contributed by atoms with van der Waals surface area (Å²) >= 11 is 0. The molecular formula is C27H50O4. The van der Waals surface area contributed by atoms with Crippen LogP contribution < -0.4 is 0 Å². The van der Waals surface area contributed by atoms with Crippen molar-refractivity contribution >= 4 is 11.9 Å². The predicted molar refractivity (Wildman–Crippen MR) is 128 cm³/mol. The Hall–Kier alpha value is -1.06. The van der Waals surface area contributed by atoms with Crippen LogP contribution in [-0.2, 0) is 14.3 Å². The zero-order valence-corrected chi connectivity index (χ0v) is 20.7.